The van der Waals surface area contributed by atoms with E-state index in [1.54, 1.807) is 11.3 Å². The minimum Gasteiger partial charge on any atom is -0.481 e. The van der Waals surface area contributed by atoms with E-state index >= 15 is 0 Å². The van der Waals surface area contributed by atoms with Gasteiger partial charge in [0, 0.05) is 22.4 Å². The first kappa shape index (κ1) is 14.5. The number of carboxylic acid groups (broad SMARTS) is 1. The Hall–Kier alpha value is 0.0900. The van der Waals surface area contributed by atoms with Crippen LogP contribution < -0.4 is 0 Å². The summed E-state index contributed by atoms with van der Waals surface area (Å²) in [5.41, 5.74) is -0.536. The Kier molecular flexibility index (Phi) is 4.52. The maximum atomic E-state index is 11.4. The van der Waals surface area contributed by atoms with Crippen LogP contribution in [0.5, 0.6) is 0 Å². The monoisotopic (exact) mass is 395 g/mol. The Bertz CT molecular complexity index is 443. The number of carbonyl (C=O) groups is 1. The topological polar surface area (TPSA) is 40.5 Å². The fourth-order valence-electron chi connectivity index (χ4n) is 2.40. The number of thiophene rings is 1. The summed E-state index contributed by atoms with van der Waals surface area (Å²) < 4.78 is 2.17. The minimum absolute atomic E-state index is 0.536. The summed E-state index contributed by atoms with van der Waals surface area (Å²) in [7, 11) is 0. The van der Waals surface area contributed by atoms with Gasteiger partial charge in [-0.05, 0) is 57.3 Å². The molecule has 0 bridgehead atoms. The summed E-state index contributed by atoms with van der Waals surface area (Å²) in [4.78, 5) is 14.9. The highest BCUT2D eigenvalue weighted by molar-refractivity contribution is 9.13. The summed E-state index contributed by atoms with van der Waals surface area (Å²) in [6.45, 7) is 4.33. The zero-order valence-electron chi connectivity index (χ0n) is 10.1. The van der Waals surface area contributed by atoms with Crippen molar-refractivity contribution >= 4 is 49.2 Å². The molecule has 100 valence electrons. The second kappa shape index (κ2) is 5.61. The number of aliphatic carboxylic acids is 1. The Balaban J connectivity index is 2.03. The standard InChI is InChI=1S/C12H15Br2NO2S/c1-2-12(11(16)17)3-4-15(7-12)6-8-5-9(13)10(14)18-8/h5H,2-4,6-7H2,1H3,(H,16,17). The van der Waals surface area contributed by atoms with E-state index in [9.17, 15) is 9.90 Å². The van der Waals surface area contributed by atoms with E-state index in [1.165, 1.54) is 4.88 Å². The highest BCUT2D eigenvalue weighted by Crippen LogP contribution is 2.37. The molecular formula is C12H15Br2NO2S. The molecule has 0 aromatic carbocycles. The quantitative estimate of drug-likeness (QED) is 0.837. The van der Waals surface area contributed by atoms with Gasteiger partial charge in [-0.2, -0.15) is 0 Å². The van der Waals surface area contributed by atoms with Gasteiger partial charge >= 0.3 is 5.97 Å². The molecule has 0 saturated carbocycles. The first-order valence-electron chi connectivity index (χ1n) is 5.86. The van der Waals surface area contributed by atoms with E-state index in [4.69, 9.17) is 0 Å². The Morgan fingerprint density at radius 3 is 2.78 bits per heavy atom. The van der Waals surface area contributed by atoms with Gasteiger partial charge in [0.15, 0.2) is 0 Å². The normalized spacial score (nSPS) is 24.6. The molecule has 6 heteroatoms. The van der Waals surface area contributed by atoms with Gasteiger partial charge in [-0.15, -0.1) is 11.3 Å². The fourth-order valence-corrected chi connectivity index (χ4v) is 4.62. The fraction of sp³-hybridized carbons (Fsp3) is 0.583. The summed E-state index contributed by atoms with van der Waals surface area (Å²) in [6.07, 6.45) is 1.46. The van der Waals surface area contributed by atoms with E-state index in [2.05, 4.69) is 42.8 Å². The molecule has 1 aromatic heterocycles. The van der Waals surface area contributed by atoms with Crippen LogP contribution in [0.15, 0.2) is 14.3 Å². The Labute approximate surface area is 127 Å². The lowest BCUT2D eigenvalue weighted by atomic mass is 9.84. The van der Waals surface area contributed by atoms with Gasteiger partial charge in [-0.3, -0.25) is 9.69 Å². The lowest BCUT2D eigenvalue weighted by molar-refractivity contribution is -0.148. The van der Waals surface area contributed by atoms with Gasteiger partial charge in [0.05, 0.1) is 9.20 Å². The van der Waals surface area contributed by atoms with Gasteiger partial charge in [-0.25, -0.2) is 0 Å². The second-order valence-electron chi connectivity index (χ2n) is 4.73. The lowest BCUT2D eigenvalue weighted by Crippen LogP contribution is -2.33. The average Bonchev–Trinajstić information content (AvgIpc) is 2.85. The van der Waals surface area contributed by atoms with Crippen LogP contribution in [0.1, 0.15) is 24.6 Å². The molecule has 1 unspecified atom stereocenters. The van der Waals surface area contributed by atoms with Gasteiger partial charge < -0.3 is 5.11 Å². The second-order valence-corrected chi connectivity index (χ2v) is 8.04. The predicted octanol–water partition coefficient (Wildman–Crippen LogP) is 3.96. The number of halogens is 2. The van der Waals surface area contributed by atoms with Crippen molar-refractivity contribution in [2.75, 3.05) is 13.1 Å². The summed E-state index contributed by atoms with van der Waals surface area (Å²) in [5.74, 6) is -0.652. The van der Waals surface area contributed by atoms with E-state index in [0.717, 1.165) is 27.8 Å². The van der Waals surface area contributed by atoms with E-state index in [-0.39, 0.29) is 0 Å². The third-order valence-corrected chi connectivity index (χ3v) is 6.88. The number of hydrogen-bond acceptors (Lipinski definition) is 3. The highest BCUT2D eigenvalue weighted by Gasteiger charge is 2.43. The molecule has 1 aliphatic heterocycles. The first-order chi connectivity index (χ1) is 8.47. The van der Waals surface area contributed by atoms with Crippen molar-refractivity contribution < 1.29 is 9.90 Å². The van der Waals surface area contributed by atoms with Crippen LogP contribution in [-0.2, 0) is 11.3 Å². The first-order valence-corrected chi connectivity index (χ1v) is 8.26. The highest BCUT2D eigenvalue weighted by atomic mass is 79.9. The summed E-state index contributed by atoms with van der Waals surface area (Å²) >= 11 is 8.66. The maximum Gasteiger partial charge on any atom is 0.310 e. The molecule has 3 nitrogen and oxygen atoms in total. The zero-order valence-corrected chi connectivity index (χ0v) is 14.1. The molecule has 1 saturated heterocycles. The lowest BCUT2D eigenvalue weighted by Gasteiger charge is -2.22. The van der Waals surface area contributed by atoms with Crippen LogP contribution in [0, 0.1) is 5.41 Å². The van der Waals surface area contributed by atoms with Crippen LogP contribution in [0.4, 0.5) is 0 Å². The van der Waals surface area contributed by atoms with Crippen LogP contribution >= 0.6 is 43.2 Å². The van der Waals surface area contributed by atoms with Crippen LogP contribution in [0.25, 0.3) is 0 Å². The zero-order chi connectivity index (χ0) is 13.3. The minimum atomic E-state index is -0.652. The van der Waals surface area contributed by atoms with E-state index in [1.807, 2.05) is 6.92 Å². The largest absolute Gasteiger partial charge is 0.481 e. The molecule has 1 aromatic rings. The molecule has 2 heterocycles. The van der Waals surface area contributed by atoms with Gasteiger partial charge in [-0.1, -0.05) is 6.92 Å². The number of rotatable bonds is 4. The molecular weight excluding hydrogens is 382 g/mol. The van der Waals surface area contributed by atoms with Crippen molar-refractivity contribution in [2.45, 2.75) is 26.3 Å². The molecule has 1 atom stereocenters. The van der Waals surface area contributed by atoms with Gasteiger partial charge in [0.2, 0.25) is 0 Å². The van der Waals surface area contributed by atoms with Crippen LogP contribution in [0.3, 0.4) is 0 Å². The predicted molar refractivity (Wildman–Crippen MR) is 80.0 cm³/mol. The number of carboxylic acids is 1. The summed E-state index contributed by atoms with van der Waals surface area (Å²) in [6, 6.07) is 2.10. The molecule has 18 heavy (non-hydrogen) atoms. The average molecular weight is 397 g/mol. The molecule has 0 radical (unpaired) electrons. The number of likely N-dealkylation sites (tertiary alicyclic amines) is 1. The van der Waals surface area contributed by atoms with Crippen molar-refractivity contribution in [3.63, 3.8) is 0 Å². The molecule has 0 aliphatic carbocycles. The van der Waals surface area contributed by atoms with Crippen molar-refractivity contribution in [1.82, 2.24) is 4.90 Å². The summed E-state index contributed by atoms with van der Waals surface area (Å²) in [5, 5.41) is 9.36. The van der Waals surface area contributed by atoms with Crippen molar-refractivity contribution in [3.8, 4) is 0 Å². The smallest absolute Gasteiger partial charge is 0.310 e. The molecule has 2 rings (SSSR count). The molecule has 1 aliphatic rings. The van der Waals surface area contributed by atoms with Crippen molar-refractivity contribution in [3.05, 3.63) is 19.2 Å². The SMILES string of the molecule is CCC1(C(=O)O)CCN(Cc2cc(Br)c(Br)s2)C1. The number of hydrogen-bond donors (Lipinski definition) is 1. The van der Waals surface area contributed by atoms with E-state index < -0.39 is 11.4 Å². The van der Waals surface area contributed by atoms with Crippen molar-refractivity contribution in [1.29, 1.82) is 0 Å². The molecule has 0 amide bonds. The van der Waals surface area contributed by atoms with Gasteiger partial charge in [0.25, 0.3) is 0 Å². The molecule has 1 fully saturated rings. The molecule has 0 spiro atoms. The van der Waals surface area contributed by atoms with Crippen LogP contribution in [-0.4, -0.2) is 29.1 Å². The molecule has 1 N–H and O–H groups in total. The maximum absolute atomic E-state index is 11.4. The van der Waals surface area contributed by atoms with Crippen molar-refractivity contribution in [2.24, 2.45) is 5.41 Å². The Morgan fingerprint density at radius 1 is 1.61 bits per heavy atom. The third-order valence-electron chi connectivity index (χ3n) is 3.64. The van der Waals surface area contributed by atoms with E-state index in [0.29, 0.717) is 13.0 Å². The third kappa shape index (κ3) is 2.81. The van der Waals surface area contributed by atoms with Gasteiger partial charge in [0.1, 0.15) is 0 Å². The Morgan fingerprint density at radius 2 is 2.33 bits per heavy atom. The van der Waals surface area contributed by atoms with Crippen LogP contribution in [0.2, 0.25) is 0 Å². The number of nitrogens with zero attached hydrogens (tertiary/aromatic N) is 1.